The molecule has 29 heavy (non-hydrogen) atoms. The monoisotopic (exact) mass is 409 g/mol. The van der Waals surface area contributed by atoms with Gasteiger partial charge in [0.1, 0.15) is 11.6 Å². The maximum atomic E-state index is 13.2. The minimum Gasteiger partial charge on any atom is -0.361 e. The molecule has 0 spiro atoms. The van der Waals surface area contributed by atoms with E-state index in [4.69, 9.17) is 0 Å². The third-order valence-electron chi connectivity index (χ3n) is 4.82. The molecule has 0 unspecified atom stereocenters. The number of halogens is 4. The summed E-state index contributed by atoms with van der Waals surface area (Å²) in [5.41, 5.74) is 1.20. The van der Waals surface area contributed by atoms with Crippen molar-refractivity contribution in [2.24, 2.45) is 0 Å². The van der Waals surface area contributed by atoms with Crippen molar-refractivity contribution in [3.8, 4) is 0 Å². The SMILES string of the molecule is O=C(CC(=O)N1CCn2c(nnc2C(F)(F)F)C1)Cc1c[nH]c2cc(F)ccc12. The number of benzene rings is 1. The molecular formula is C18H15F4N5O2. The van der Waals surface area contributed by atoms with Crippen LogP contribution in [-0.2, 0) is 35.3 Å². The number of alkyl halides is 3. The molecule has 4 rings (SSSR count). The van der Waals surface area contributed by atoms with E-state index in [2.05, 4.69) is 15.2 Å². The number of rotatable bonds is 4. The summed E-state index contributed by atoms with van der Waals surface area (Å²) in [4.78, 5) is 28.9. The second kappa shape index (κ2) is 6.98. The number of carbonyl (C=O) groups is 2. The maximum Gasteiger partial charge on any atom is 0.451 e. The van der Waals surface area contributed by atoms with Gasteiger partial charge in [-0.05, 0) is 23.8 Å². The van der Waals surface area contributed by atoms with Gasteiger partial charge in [0.15, 0.2) is 5.82 Å². The first-order valence-corrected chi connectivity index (χ1v) is 8.76. The molecule has 11 heteroatoms. The van der Waals surface area contributed by atoms with Gasteiger partial charge in [-0.25, -0.2) is 4.39 Å². The van der Waals surface area contributed by atoms with Crippen LogP contribution in [0.4, 0.5) is 17.6 Å². The number of nitrogens with zero attached hydrogens (tertiary/aromatic N) is 4. The molecule has 1 N–H and O–H groups in total. The number of fused-ring (bicyclic) bond motifs is 2. The van der Waals surface area contributed by atoms with Crippen molar-refractivity contribution in [2.75, 3.05) is 6.54 Å². The summed E-state index contributed by atoms with van der Waals surface area (Å²) in [6.07, 6.45) is -3.42. The largest absolute Gasteiger partial charge is 0.451 e. The number of aromatic amines is 1. The van der Waals surface area contributed by atoms with Crippen molar-refractivity contribution >= 4 is 22.6 Å². The Bertz CT molecular complexity index is 1100. The Hall–Kier alpha value is -3.24. The van der Waals surface area contributed by atoms with Crippen LogP contribution in [0.5, 0.6) is 0 Å². The zero-order valence-electron chi connectivity index (χ0n) is 15.0. The molecule has 0 saturated heterocycles. The highest BCUT2D eigenvalue weighted by molar-refractivity contribution is 6.00. The molecule has 0 fully saturated rings. The van der Waals surface area contributed by atoms with Crippen LogP contribution in [0.1, 0.15) is 23.6 Å². The molecule has 2 aromatic heterocycles. The van der Waals surface area contributed by atoms with Gasteiger partial charge in [-0.2, -0.15) is 13.2 Å². The van der Waals surface area contributed by atoms with E-state index in [0.29, 0.717) is 16.5 Å². The number of Topliss-reactive ketones (excluding diaryl/α,β-unsaturated/α-hetero) is 1. The summed E-state index contributed by atoms with van der Waals surface area (Å²) >= 11 is 0. The Morgan fingerprint density at radius 2 is 1.97 bits per heavy atom. The Balaban J connectivity index is 1.40. The van der Waals surface area contributed by atoms with Gasteiger partial charge in [0.05, 0.1) is 13.0 Å². The van der Waals surface area contributed by atoms with Crippen LogP contribution in [0.15, 0.2) is 24.4 Å². The first-order valence-electron chi connectivity index (χ1n) is 8.76. The highest BCUT2D eigenvalue weighted by atomic mass is 19.4. The number of carbonyl (C=O) groups excluding carboxylic acids is 2. The maximum absolute atomic E-state index is 13.2. The molecule has 0 saturated carbocycles. The fraction of sp³-hybridized carbons (Fsp3) is 0.333. The standard InChI is InChI=1S/C18H15F4N5O2/c19-11-1-2-13-10(8-23-14(13)6-11)5-12(28)7-16(29)26-3-4-27-15(9-26)24-25-17(27)18(20,21)22/h1-2,6,8,23H,3-5,7,9H2. The Morgan fingerprint density at radius 3 is 2.72 bits per heavy atom. The van der Waals surface area contributed by atoms with Crippen LogP contribution < -0.4 is 0 Å². The average Bonchev–Trinajstić information content (AvgIpc) is 3.24. The highest BCUT2D eigenvalue weighted by Gasteiger charge is 2.40. The normalized spacial score (nSPS) is 14.3. The Morgan fingerprint density at radius 1 is 1.17 bits per heavy atom. The second-order valence-electron chi connectivity index (χ2n) is 6.80. The number of hydrogen-bond acceptors (Lipinski definition) is 4. The average molecular weight is 409 g/mol. The van der Waals surface area contributed by atoms with Gasteiger partial charge in [-0.1, -0.05) is 0 Å². The quantitative estimate of drug-likeness (QED) is 0.530. The fourth-order valence-electron chi connectivity index (χ4n) is 3.44. The van der Waals surface area contributed by atoms with Crippen LogP contribution in [0.2, 0.25) is 0 Å². The number of amides is 1. The molecular weight excluding hydrogens is 394 g/mol. The Kier molecular flexibility index (Phi) is 4.59. The van der Waals surface area contributed by atoms with Gasteiger partial charge < -0.3 is 14.5 Å². The number of ketones is 1. The smallest absolute Gasteiger partial charge is 0.361 e. The summed E-state index contributed by atoms with van der Waals surface area (Å²) < 4.78 is 52.8. The van der Waals surface area contributed by atoms with Crippen molar-refractivity contribution < 1.29 is 27.2 Å². The van der Waals surface area contributed by atoms with Gasteiger partial charge in [0, 0.05) is 36.6 Å². The van der Waals surface area contributed by atoms with Gasteiger partial charge in [-0.3, -0.25) is 9.59 Å². The van der Waals surface area contributed by atoms with E-state index in [1.54, 1.807) is 12.3 Å². The van der Waals surface area contributed by atoms with Gasteiger partial charge in [0.25, 0.3) is 0 Å². The summed E-state index contributed by atoms with van der Waals surface area (Å²) in [5.74, 6) is -2.29. The van der Waals surface area contributed by atoms with Gasteiger partial charge in [-0.15, -0.1) is 10.2 Å². The van der Waals surface area contributed by atoms with Gasteiger partial charge in [0.2, 0.25) is 11.7 Å². The predicted octanol–water partition coefficient (Wildman–Crippen LogP) is 2.46. The minimum atomic E-state index is -4.62. The first kappa shape index (κ1) is 19.1. The molecule has 1 aliphatic heterocycles. The molecule has 152 valence electrons. The van der Waals surface area contributed by atoms with Crippen LogP contribution in [0, 0.1) is 5.82 Å². The zero-order valence-corrected chi connectivity index (χ0v) is 15.0. The van der Waals surface area contributed by atoms with Crippen LogP contribution in [0.3, 0.4) is 0 Å². The predicted molar refractivity (Wildman–Crippen MR) is 92.0 cm³/mol. The minimum absolute atomic E-state index is 0.0143. The number of H-pyrrole nitrogens is 1. The molecule has 0 bridgehead atoms. The van der Waals surface area contributed by atoms with Crippen molar-refractivity contribution in [1.29, 1.82) is 0 Å². The van der Waals surface area contributed by atoms with Crippen molar-refractivity contribution in [1.82, 2.24) is 24.6 Å². The lowest BCUT2D eigenvalue weighted by Gasteiger charge is -2.27. The molecule has 0 radical (unpaired) electrons. The molecule has 3 aromatic rings. The highest BCUT2D eigenvalue weighted by Crippen LogP contribution is 2.29. The number of nitrogens with one attached hydrogen (secondary N) is 1. The van der Waals surface area contributed by atoms with Crippen molar-refractivity contribution in [3.63, 3.8) is 0 Å². The summed E-state index contributed by atoms with van der Waals surface area (Å²) in [6, 6.07) is 4.16. The van der Waals surface area contributed by atoms with E-state index < -0.39 is 23.7 Å². The molecule has 1 amide bonds. The van der Waals surface area contributed by atoms with Crippen LogP contribution in [-0.4, -0.2) is 42.9 Å². The Labute approximate surface area is 161 Å². The van der Waals surface area contributed by atoms with Gasteiger partial charge >= 0.3 is 6.18 Å². The second-order valence-corrected chi connectivity index (χ2v) is 6.80. The first-order chi connectivity index (χ1) is 13.7. The summed E-state index contributed by atoms with van der Waals surface area (Å²) in [5, 5.41) is 7.37. The molecule has 3 heterocycles. The summed E-state index contributed by atoms with van der Waals surface area (Å²) in [6.45, 7) is -0.195. The lowest BCUT2D eigenvalue weighted by atomic mass is 10.1. The van der Waals surface area contributed by atoms with E-state index >= 15 is 0 Å². The molecule has 0 atom stereocenters. The lowest BCUT2D eigenvalue weighted by molar-refractivity contribution is -0.148. The number of hydrogen-bond donors (Lipinski definition) is 1. The van der Waals surface area contributed by atoms with E-state index in [1.807, 2.05) is 0 Å². The topological polar surface area (TPSA) is 83.9 Å². The van der Waals surface area contributed by atoms with Crippen molar-refractivity contribution in [2.45, 2.75) is 32.1 Å². The van der Waals surface area contributed by atoms with Crippen molar-refractivity contribution in [3.05, 3.63) is 47.4 Å². The van der Waals surface area contributed by atoms with E-state index in [9.17, 15) is 27.2 Å². The molecule has 7 nitrogen and oxygen atoms in total. The van der Waals surface area contributed by atoms with E-state index in [0.717, 1.165) is 4.57 Å². The lowest BCUT2D eigenvalue weighted by Crippen LogP contribution is -2.40. The summed E-state index contributed by atoms with van der Waals surface area (Å²) in [7, 11) is 0. The van der Waals surface area contributed by atoms with Crippen LogP contribution in [0.25, 0.3) is 10.9 Å². The molecule has 1 aliphatic rings. The third-order valence-corrected chi connectivity index (χ3v) is 4.82. The third kappa shape index (κ3) is 3.71. The molecule has 0 aliphatic carbocycles. The van der Waals surface area contributed by atoms with Crippen LogP contribution >= 0.6 is 0 Å². The van der Waals surface area contributed by atoms with E-state index in [-0.39, 0.29) is 44.1 Å². The number of aromatic nitrogens is 4. The fourth-order valence-corrected chi connectivity index (χ4v) is 3.44. The zero-order chi connectivity index (χ0) is 20.8. The van der Waals surface area contributed by atoms with E-state index in [1.165, 1.54) is 17.0 Å². The molecule has 1 aromatic carbocycles.